The molecule has 2 rings (SSSR count). The molecule has 0 amide bonds. The van der Waals surface area contributed by atoms with Crippen LogP contribution >= 0.6 is 0 Å². The zero-order valence-electron chi connectivity index (χ0n) is 11.0. The van der Waals surface area contributed by atoms with E-state index in [0.29, 0.717) is 5.69 Å². The first-order valence-electron chi connectivity index (χ1n) is 6.04. The lowest BCUT2D eigenvalue weighted by atomic mass is 10.2. The number of aromatic nitrogens is 1. The summed E-state index contributed by atoms with van der Waals surface area (Å²) in [5.41, 5.74) is 1.62. The number of rotatable bonds is 4. The maximum atomic E-state index is 11.9. The maximum Gasteiger partial charge on any atom is 0.299 e. The van der Waals surface area contributed by atoms with Crippen LogP contribution in [-0.4, -0.2) is 19.6 Å². The van der Waals surface area contributed by atoms with Crippen molar-refractivity contribution in [2.45, 2.75) is 11.9 Å². The highest BCUT2D eigenvalue weighted by Gasteiger charge is 2.12. The van der Waals surface area contributed by atoms with E-state index in [1.165, 1.54) is 12.3 Å². The summed E-state index contributed by atoms with van der Waals surface area (Å²) >= 11 is 0. The van der Waals surface area contributed by atoms with Crippen molar-refractivity contribution < 1.29 is 8.42 Å². The van der Waals surface area contributed by atoms with Crippen molar-refractivity contribution in [2.75, 3.05) is 0 Å². The van der Waals surface area contributed by atoms with Gasteiger partial charge < -0.3 is 0 Å². The van der Waals surface area contributed by atoms with Crippen molar-refractivity contribution in [3.8, 4) is 0 Å². The number of aryl methyl sites for hydroxylation is 1. The van der Waals surface area contributed by atoms with Gasteiger partial charge in [0.15, 0.2) is 5.03 Å². The molecule has 0 saturated carbocycles. The smallest absolute Gasteiger partial charge is 0.240 e. The van der Waals surface area contributed by atoms with Crippen molar-refractivity contribution in [1.82, 2.24) is 4.98 Å². The zero-order valence-corrected chi connectivity index (χ0v) is 11.8. The minimum absolute atomic E-state index is 0.0399. The van der Waals surface area contributed by atoms with Gasteiger partial charge in [-0.2, -0.15) is 12.8 Å². The minimum atomic E-state index is -3.73. The van der Waals surface area contributed by atoms with Gasteiger partial charge in [0.05, 0.1) is 0 Å². The average Bonchev–Trinajstić information content (AvgIpc) is 2.45. The Kier molecular flexibility index (Phi) is 4.42. The van der Waals surface area contributed by atoms with Crippen LogP contribution in [0.25, 0.3) is 6.08 Å². The van der Waals surface area contributed by atoms with Gasteiger partial charge in [0, 0.05) is 11.9 Å². The summed E-state index contributed by atoms with van der Waals surface area (Å²) in [7, 11) is -3.73. The molecule has 0 saturated heterocycles. The van der Waals surface area contributed by atoms with Gasteiger partial charge in [-0.05, 0) is 30.7 Å². The van der Waals surface area contributed by atoms with Gasteiger partial charge in [0.25, 0.3) is 10.0 Å². The van der Waals surface area contributed by atoms with Crippen LogP contribution in [0.2, 0.25) is 0 Å². The normalized spacial score (nSPS) is 12.2. The maximum absolute atomic E-state index is 11.9. The Morgan fingerprint density at radius 2 is 1.80 bits per heavy atom. The standard InChI is InChI=1S/C15H14N2O2S/c1-13-7-5-11-15(17-13)20(18,19)16-12-6-10-14-8-3-2-4-9-14/h2-12H,1H3/b10-6+,16-12+. The first-order valence-corrected chi connectivity index (χ1v) is 7.48. The van der Waals surface area contributed by atoms with Crippen LogP contribution in [0.5, 0.6) is 0 Å². The second kappa shape index (κ2) is 6.25. The molecule has 5 heteroatoms. The van der Waals surface area contributed by atoms with Crippen molar-refractivity contribution in [1.29, 1.82) is 0 Å². The lowest BCUT2D eigenvalue weighted by molar-refractivity contribution is 0.594. The number of allylic oxidation sites excluding steroid dienone is 1. The number of hydrogen-bond acceptors (Lipinski definition) is 3. The summed E-state index contributed by atoms with van der Waals surface area (Å²) < 4.78 is 27.4. The van der Waals surface area contributed by atoms with E-state index >= 15 is 0 Å². The summed E-state index contributed by atoms with van der Waals surface area (Å²) in [5.74, 6) is 0. The van der Waals surface area contributed by atoms with Crippen molar-refractivity contribution in [3.05, 3.63) is 65.9 Å². The van der Waals surface area contributed by atoms with Gasteiger partial charge in [0.2, 0.25) is 0 Å². The predicted molar refractivity (Wildman–Crippen MR) is 80.1 cm³/mol. The van der Waals surface area contributed by atoms with E-state index in [4.69, 9.17) is 0 Å². The zero-order chi connectivity index (χ0) is 14.4. The van der Waals surface area contributed by atoms with Crippen LogP contribution in [-0.2, 0) is 10.0 Å². The van der Waals surface area contributed by atoms with E-state index in [1.54, 1.807) is 31.2 Å². The third-order valence-electron chi connectivity index (χ3n) is 2.50. The third-order valence-corrected chi connectivity index (χ3v) is 3.66. The fraction of sp³-hybridized carbons (Fsp3) is 0.0667. The molecular weight excluding hydrogens is 272 g/mol. The molecule has 2 aromatic rings. The average molecular weight is 286 g/mol. The van der Waals surface area contributed by atoms with Gasteiger partial charge in [-0.1, -0.05) is 42.5 Å². The van der Waals surface area contributed by atoms with Crippen LogP contribution < -0.4 is 0 Å². The molecule has 0 atom stereocenters. The molecule has 1 aromatic carbocycles. The molecule has 0 bridgehead atoms. The summed E-state index contributed by atoms with van der Waals surface area (Å²) in [6.45, 7) is 1.73. The topological polar surface area (TPSA) is 59.4 Å². The Balaban J connectivity index is 2.13. The van der Waals surface area contributed by atoms with Crippen molar-refractivity contribution in [2.24, 2.45) is 4.40 Å². The third kappa shape index (κ3) is 3.86. The molecule has 4 nitrogen and oxygen atoms in total. The van der Waals surface area contributed by atoms with Crippen LogP contribution in [0.15, 0.2) is 64.0 Å². The van der Waals surface area contributed by atoms with Gasteiger partial charge in [-0.15, -0.1) is 0 Å². The number of hydrogen-bond donors (Lipinski definition) is 0. The van der Waals surface area contributed by atoms with E-state index < -0.39 is 10.0 Å². The van der Waals surface area contributed by atoms with Gasteiger partial charge in [-0.25, -0.2) is 4.98 Å². The molecular formula is C15H14N2O2S. The Hall–Kier alpha value is -2.27. The number of nitrogens with zero attached hydrogens (tertiary/aromatic N) is 2. The molecule has 0 radical (unpaired) electrons. The Labute approximate surface area is 118 Å². The SMILES string of the molecule is Cc1cccc(S(=O)(=O)/N=C/C=C/c2ccccc2)n1. The quantitative estimate of drug-likeness (QED) is 0.812. The lowest BCUT2D eigenvalue weighted by Crippen LogP contribution is -2.00. The van der Waals surface area contributed by atoms with E-state index in [0.717, 1.165) is 5.56 Å². The minimum Gasteiger partial charge on any atom is -0.240 e. The first-order chi connectivity index (χ1) is 9.58. The highest BCUT2D eigenvalue weighted by Crippen LogP contribution is 2.09. The molecule has 0 spiro atoms. The first kappa shape index (κ1) is 14.1. The van der Waals surface area contributed by atoms with E-state index in [1.807, 2.05) is 30.3 Å². The number of benzene rings is 1. The molecule has 102 valence electrons. The van der Waals surface area contributed by atoms with E-state index in [2.05, 4.69) is 9.38 Å². The van der Waals surface area contributed by atoms with Gasteiger partial charge >= 0.3 is 0 Å². The number of pyridine rings is 1. The van der Waals surface area contributed by atoms with Crippen molar-refractivity contribution in [3.63, 3.8) is 0 Å². The van der Waals surface area contributed by atoms with E-state index in [9.17, 15) is 8.42 Å². The van der Waals surface area contributed by atoms with Crippen LogP contribution in [0.4, 0.5) is 0 Å². The Morgan fingerprint density at radius 1 is 1.05 bits per heavy atom. The van der Waals surface area contributed by atoms with Crippen LogP contribution in [0.1, 0.15) is 11.3 Å². The van der Waals surface area contributed by atoms with Gasteiger partial charge in [-0.3, -0.25) is 0 Å². The molecule has 0 N–H and O–H groups in total. The second-order valence-electron chi connectivity index (χ2n) is 4.12. The molecule has 0 unspecified atom stereocenters. The fourth-order valence-electron chi connectivity index (χ4n) is 1.55. The van der Waals surface area contributed by atoms with Crippen molar-refractivity contribution >= 4 is 22.3 Å². The van der Waals surface area contributed by atoms with Gasteiger partial charge in [0.1, 0.15) is 0 Å². The number of sulfonamides is 1. The Bertz CT molecular complexity index is 735. The predicted octanol–water partition coefficient (Wildman–Crippen LogP) is 2.86. The lowest BCUT2D eigenvalue weighted by Gasteiger charge is -1.97. The molecule has 0 aliphatic carbocycles. The summed E-state index contributed by atoms with van der Waals surface area (Å²) in [5, 5.41) is -0.0399. The summed E-state index contributed by atoms with van der Waals surface area (Å²) in [4.78, 5) is 3.96. The molecule has 0 aliphatic rings. The van der Waals surface area contributed by atoms with E-state index in [-0.39, 0.29) is 5.03 Å². The fourth-order valence-corrected chi connectivity index (χ4v) is 2.40. The molecule has 0 aliphatic heterocycles. The Morgan fingerprint density at radius 3 is 2.50 bits per heavy atom. The molecule has 20 heavy (non-hydrogen) atoms. The molecule has 0 fully saturated rings. The molecule has 1 aromatic heterocycles. The highest BCUT2D eigenvalue weighted by molar-refractivity contribution is 7.90. The second-order valence-corrected chi connectivity index (χ2v) is 5.70. The summed E-state index contributed by atoms with van der Waals surface area (Å²) in [6.07, 6.45) is 4.62. The largest absolute Gasteiger partial charge is 0.299 e. The van der Waals surface area contributed by atoms with Crippen LogP contribution in [0.3, 0.4) is 0 Å². The molecule has 1 heterocycles. The highest BCUT2D eigenvalue weighted by atomic mass is 32.2. The monoisotopic (exact) mass is 286 g/mol. The van der Waals surface area contributed by atoms with Crippen LogP contribution in [0, 0.1) is 6.92 Å². The summed E-state index contributed by atoms with van der Waals surface area (Å²) in [6, 6.07) is 14.4.